The zero-order valence-corrected chi connectivity index (χ0v) is 14.5. The number of hydrogen-bond acceptors (Lipinski definition) is 6. The van der Waals surface area contributed by atoms with Gasteiger partial charge in [-0.1, -0.05) is 17.3 Å². The number of carbonyl (C=O) groups is 1. The Hall–Kier alpha value is -2.61. The standard InChI is InChI=1S/C15H13N3O5S2/c1-2-5-18-11-4-3-10(25(16,20)21)8-13(11)24-15(18)17-14(19)12-9-22-6-7-23-12/h1,3-4,8-9H,5-7H2,(H2,16,20,21). The topological polar surface area (TPSA) is 113 Å². The summed E-state index contributed by atoms with van der Waals surface area (Å²) in [6, 6.07) is 4.38. The highest BCUT2D eigenvalue weighted by atomic mass is 32.2. The number of carbonyl (C=O) groups excluding carboxylic acids is 1. The Labute approximate surface area is 147 Å². The number of nitrogens with zero attached hydrogens (tertiary/aromatic N) is 2. The van der Waals surface area contributed by atoms with E-state index in [2.05, 4.69) is 10.9 Å². The first-order valence-corrected chi connectivity index (χ1v) is 9.40. The van der Waals surface area contributed by atoms with Gasteiger partial charge in [-0.3, -0.25) is 4.79 Å². The first kappa shape index (κ1) is 17.2. The summed E-state index contributed by atoms with van der Waals surface area (Å²) in [5, 5.41) is 5.15. The number of hydrogen-bond donors (Lipinski definition) is 1. The van der Waals surface area contributed by atoms with E-state index in [4.69, 9.17) is 21.0 Å². The third-order valence-corrected chi connectivity index (χ3v) is 5.24. The number of fused-ring (bicyclic) bond motifs is 1. The molecule has 1 amide bonds. The van der Waals surface area contributed by atoms with Gasteiger partial charge in [0, 0.05) is 0 Å². The van der Waals surface area contributed by atoms with Crippen molar-refractivity contribution in [3.8, 4) is 12.3 Å². The number of primary sulfonamides is 1. The van der Waals surface area contributed by atoms with Gasteiger partial charge in [0.25, 0.3) is 0 Å². The maximum Gasteiger partial charge on any atom is 0.317 e. The van der Waals surface area contributed by atoms with Crippen LogP contribution in [0.5, 0.6) is 0 Å². The van der Waals surface area contributed by atoms with Crippen molar-refractivity contribution in [1.29, 1.82) is 0 Å². The smallest absolute Gasteiger partial charge is 0.317 e. The summed E-state index contributed by atoms with van der Waals surface area (Å²) in [4.78, 5) is 16.5. The predicted molar refractivity (Wildman–Crippen MR) is 90.6 cm³/mol. The number of nitrogens with two attached hydrogens (primary N) is 1. The second-order valence-corrected chi connectivity index (χ2v) is 7.54. The van der Waals surface area contributed by atoms with Crippen LogP contribution in [-0.2, 0) is 30.8 Å². The normalized spacial score (nSPS) is 15.2. The Balaban J connectivity index is 2.15. The lowest BCUT2D eigenvalue weighted by Crippen LogP contribution is -2.19. The Bertz CT molecular complexity index is 1090. The molecule has 0 spiro atoms. The van der Waals surface area contributed by atoms with Crippen LogP contribution in [0.1, 0.15) is 0 Å². The maximum atomic E-state index is 12.2. The molecular weight excluding hydrogens is 366 g/mol. The van der Waals surface area contributed by atoms with E-state index in [1.165, 1.54) is 18.4 Å². The molecule has 10 heteroatoms. The second kappa shape index (κ2) is 6.72. The molecule has 25 heavy (non-hydrogen) atoms. The molecule has 0 saturated heterocycles. The highest BCUT2D eigenvalue weighted by Gasteiger charge is 2.16. The molecule has 8 nitrogen and oxygen atoms in total. The van der Waals surface area contributed by atoms with Crippen LogP contribution in [0.25, 0.3) is 10.2 Å². The van der Waals surface area contributed by atoms with E-state index in [0.717, 1.165) is 11.3 Å². The van der Waals surface area contributed by atoms with Gasteiger partial charge in [0.15, 0.2) is 4.80 Å². The van der Waals surface area contributed by atoms with Gasteiger partial charge >= 0.3 is 5.91 Å². The van der Waals surface area contributed by atoms with Crippen molar-refractivity contribution in [1.82, 2.24) is 4.57 Å². The van der Waals surface area contributed by atoms with Crippen LogP contribution in [0.15, 0.2) is 40.1 Å². The summed E-state index contributed by atoms with van der Waals surface area (Å²) in [5.41, 5.74) is 0.650. The van der Waals surface area contributed by atoms with Crippen molar-refractivity contribution in [2.45, 2.75) is 11.4 Å². The number of amides is 1. The molecule has 0 unspecified atom stereocenters. The van der Waals surface area contributed by atoms with E-state index in [0.29, 0.717) is 21.6 Å². The van der Waals surface area contributed by atoms with Gasteiger partial charge in [0.1, 0.15) is 19.5 Å². The Kier molecular flexibility index (Phi) is 4.63. The molecule has 1 aliphatic rings. The largest absolute Gasteiger partial charge is 0.494 e. The average Bonchev–Trinajstić information content (AvgIpc) is 2.92. The summed E-state index contributed by atoms with van der Waals surface area (Å²) in [6.07, 6.45) is 6.60. The first-order chi connectivity index (χ1) is 11.9. The minimum atomic E-state index is -3.84. The number of thiazole rings is 1. The maximum absolute atomic E-state index is 12.2. The van der Waals surface area contributed by atoms with E-state index in [-0.39, 0.29) is 23.8 Å². The minimum Gasteiger partial charge on any atom is -0.494 e. The summed E-state index contributed by atoms with van der Waals surface area (Å²) in [5.74, 6) is 1.88. The first-order valence-electron chi connectivity index (χ1n) is 7.03. The van der Waals surface area contributed by atoms with E-state index in [9.17, 15) is 13.2 Å². The van der Waals surface area contributed by atoms with Crippen molar-refractivity contribution in [3.05, 3.63) is 35.0 Å². The van der Waals surface area contributed by atoms with Crippen LogP contribution in [0.2, 0.25) is 0 Å². The van der Waals surface area contributed by atoms with Crippen LogP contribution in [0.4, 0.5) is 0 Å². The zero-order valence-electron chi connectivity index (χ0n) is 12.8. The molecule has 2 N–H and O–H groups in total. The van der Waals surface area contributed by atoms with Gasteiger partial charge in [-0.15, -0.1) is 6.42 Å². The van der Waals surface area contributed by atoms with E-state index in [1.54, 1.807) is 10.6 Å². The molecule has 0 bridgehead atoms. The lowest BCUT2D eigenvalue weighted by atomic mass is 10.3. The van der Waals surface area contributed by atoms with Gasteiger partial charge in [-0.25, -0.2) is 13.6 Å². The van der Waals surface area contributed by atoms with Crippen molar-refractivity contribution < 1.29 is 22.7 Å². The van der Waals surface area contributed by atoms with Crippen LogP contribution < -0.4 is 9.94 Å². The highest BCUT2D eigenvalue weighted by molar-refractivity contribution is 7.89. The van der Waals surface area contributed by atoms with Crippen LogP contribution >= 0.6 is 11.3 Å². The molecule has 0 saturated carbocycles. The number of rotatable bonds is 3. The fourth-order valence-electron chi connectivity index (χ4n) is 2.18. The fourth-order valence-corrected chi connectivity index (χ4v) is 3.86. The molecule has 2 heterocycles. The SMILES string of the molecule is C#CCn1c(=NC(=O)C2=COCCO2)sc2cc(S(N)(=O)=O)ccc21. The third-order valence-electron chi connectivity index (χ3n) is 3.29. The van der Waals surface area contributed by atoms with Crippen molar-refractivity contribution in [2.24, 2.45) is 10.1 Å². The van der Waals surface area contributed by atoms with Crippen molar-refractivity contribution in [3.63, 3.8) is 0 Å². The molecule has 1 aromatic heterocycles. The molecule has 3 rings (SSSR count). The van der Waals surface area contributed by atoms with Gasteiger partial charge in [-0.2, -0.15) is 4.99 Å². The monoisotopic (exact) mass is 379 g/mol. The van der Waals surface area contributed by atoms with E-state index >= 15 is 0 Å². The van der Waals surface area contributed by atoms with Crippen molar-refractivity contribution >= 4 is 37.5 Å². The van der Waals surface area contributed by atoms with Crippen LogP contribution in [-0.4, -0.2) is 32.1 Å². The lowest BCUT2D eigenvalue weighted by molar-refractivity contribution is -0.119. The van der Waals surface area contributed by atoms with Gasteiger partial charge in [-0.05, 0) is 18.2 Å². The summed E-state index contributed by atoms with van der Waals surface area (Å²) >= 11 is 1.12. The second-order valence-electron chi connectivity index (χ2n) is 4.97. The van der Waals surface area contributed by atoms with Gasteiger partial charge < -0.3 is 14.0 Å². The number of ether oxygens (including phenoxy) is 2. The summed E-state index contributed by atoms with van der Waals surface area (Å²) < 4.78 is 35.5. The molecule has 1 aromatic carbocycles. The fraction of sp³-hybridized carbons (Fsp3) is 0.200. The third kappa shape index (κ3) is 3.58. The van der Waals surface area contributed by atoms with E-state index < -0.39 is 15.9 Å². The number of terminal acetylenes is 1. The average molecular weight is 379 g/mol. The molecule has 0 fully saturated rings. The summed E-state index contributed by atoms with van der Waals surface area (Å²) in [7, 11) is -3.84. The Morgan fingerprint density at radius 2 is 2.24 bits per heavy atom. The molecule has 130 valence electrons. The molecule has 1 aliphatic heterocycles. The van der Waals surface area contributed by atoms with Gasteiger partial charge in [0.2, 0.25) is 15.8 Å². The molecule has 2 aromatic rings. The van der Waals surface area contributed by atoms with E-state index in [1.807, 2.05) is 0 Å². The molecule has 0 aliphatic carbocycles. The predicted octanol–water partition coefficient (Wildman–Crippen LogP) is 0.299. The van der Waals surface area contributed by atoms with Gasteiger partial charge in [0.05, 0.1) is 21.7 Å². The summed E-state index contributed by atoms with van der Waals surface area (Å²) in [6.45, 7) is 0.798. The van der Waals surface area contributed by atoms with Crippen LogP contribution in [0.3, 0.4) is 0 Å². The van der Waals surface area contributed by atoms with Crippen molar-refractivity contribution in [2.75, 3.05) is 13.2 Å². The highest BCUT2D eigenvalue weighted by Crippen LogP contribution is 2.21. The number of benzene rings is 1. The number of sulfonamides is 1. The van der Waals surface area contributed by atoms with Crippen LogP contribution in [0, 0.1) is 12.3 Å². The zero-order chi connectivity index (χ0) is 18.0. The molecular formula is C15H13N3O5S2. The quantitative estimate of drug-likeness (QED) is 0.771. The molecule has 0 atom stereocenters. The molecule has 0 radical (unpaired) electrons. The Morgan fingerprint density at radius 3 is 2.88 bits per heavy atom. The Morgan fingerprint density at radius 1 is 1.44 bits per heavy atom. The lowest BCUT2D eigenvalue weighted by Gasteiger charge is -2.12. The minimum absolute atomic E-state index is 0.00110. The number of aromatic nitrogens is 1.